The molecule has 0 radical (unpaired) electrons. The second-order valence-electron chi connectivity index (χ2n) is 6.38. The lowest BCUT2D eigenvalue weighted by Gasteiger charge is -2.38. The van der Waals surface area contributed by atoms with Crippen molar-refractivity contribution in [2.45, 2.75) is 37.6 Å². The lowest BCUT2D eigenvalue weighted by atomic mass is 9.86. The van der Waals surface area contributed by atoms with Gasteiger partial charge in [-0.1, -0.05) is 60.7 Å². The summed E-state index contributed by atoms with van der Waals surface area (Å²) in [5.74, 6) is 0. The molecule has 0 saturated heterocycles. The van der Waals surface area contributed by atoms with Gasteiger partial charge in [0.2, 0.25) is 0 Å². The highest BCUT2D eigenvalue weighted by Gasteiger charge is 2.32. The van der Waals surface area contributed by atoms with Crippen LogP contribution in [0.25, 0.3) is 0 Å². The maximum absolute atomic E-state index is 11.8. The molecule has 5 nitrogen and oxygen atoms in total. The van der Waals surface area contributed by atoms with Crippen LogP contribution in [0.15, 0.2) is 60.7 Å². The lowest BCUT2D eigenvalue weighted by Crippen LogP contribution is -2.53. The fourth-order valence-electron chi connectivity index (χ4n) is 3.03. The Balaban J connectivity index is 1.37. The number of ether oxygens (including phenoxy) is 1. The summed E-state index contributed by atoms with van der Waals surface area (Å²) in [5, 5.41) is 15.9. The van der Waals surface area contributed by atoms with Crippen molar-refractivity contribution in [1.82, 2.24) is 10.6 Å². The molecule has 0 unspecified atom stereocenters. The fraction of sp³-hybridized carbons (Fsp3) is 0.350. The van der Waals surface area contributed by atoms with Crippen molar-refractivity contribution >= 4 is 6.09 Å². The molecule has 1 atom stereocenters. The van der Waals surface area contributed by atoms with Gasteiger partial charge in [0.25, 0.3) is 0 Å². The Hall–Kier alpha value is -2.37. The molecule has 2 aromatic rings. The van der Waals surface area contributed by atoms with Crippen LogP contribution in [0.2, 0.25) is 0 Å². The highest BCUT2D eigenvalue weighted by Crippen LogP contribution is 2.24. The summed E-state index contributed by atoms with van der Waals surface area (Å²) < 4.78 is 5.23. The Bertz CT molecular complexity index is 657. The van der Waals surface area contributed by atoms with E-state index in [1.165, 1.54) is 0 Å². The third-order valence-corrected chi connectivity index (χ3v) is 4.49. The number of aliphatic hydroxyl groups excluding tert-OH is 1. The molecule has 132 valence electrons. The first-order valence-corrected chi connectivity index (χ1v) is 8.63. The van der Waals surface area contributed by atoms with Gasteiger partial charge < -0.3 is 20.5 Å². The number of aliphatic hydroxyl groups is 1. The van der Waals surface area contributed by atoms with Gasteiger partial charge in [0, 0.05) is 12.1 Å². The second-order valence-corrected chi connectivity index (χ2v) is 6.38. The first kappa shape index (κ1) is 17.5. The van der Waals surface area contributed by atoms with Crippen molar-refractivity contribution < 1.29 is 14.6 Å². The lowest BCUT2D eigenvalue weighted by molar-refractivity contribution is 0.122. The Morgan fingerprint density at radius 3 is 2.32 bits per heavy atom. The average molecular weight is 340 g/mol. The Labute approximate surface area is 148 Å². The molecule has 1 aliphatic carbocycles. The third kappa shape index (κ3) is 5.05. The number of benzene rings is 2. The van der Waals surface area contributed by atoms with Gasteiger partial charge in [-0.15, -0.1) is 0 Å². The summed E-state index contributed by atoms with van der Waals surface area (Å²) >= 11 is 0. The molecule has 1 saturated carbocycles. The van der Waals surface area contributed by atoms with Gasteiger partial charge in [0.05, 0.1) is 12.6 Å². The quantitative estimate of drug-likeness (QED) is 0.725. The zero-order valence-electron chi connectivity index (χ0n) is 14.1. The van der Waals surface area contributed by atoms with E-state index in [1.807, 2.05) is 60.7 Å². The second kappa shape index (κ2) is 8.65. The first-order chi connectivity index (χ1) is 12.2. The monoisotopic (exact) mass is 340 g/mol. The van der Waals surface area contributed by atoms with E-state index < -0.39 is 0 Å². The van der Waals surface area contributed by atoms with Crippen LogP contribution in [-0.4, -0.2) is 29.9 Å². The number of carbonyl (C=O) groups is 1. The van der Waals surface area contributed by atoms with E-state index in [9.17, 15) is 9.90 Å². The Morgan fingerprint density at radius 2 is 1.68 bits per heavy atom. The van der Waals surface area contributed by atoms with Crippen molar-refractivity contribution in [3.05, 3.63) is 71.8 Å². The van der Waals surface area contributed by atoms with E-state index >= 15 is 0 Å². The highest BCUT2D eigenvalue weighted by molar-refractivity contribution is 5.67. The molecule has 25 heavy (non-hydrogen) atoms. The largest absolute Gasteiger partial charge is 0.445 e. The van der Waals surface area contributed by atoms with E-state index in [2.05, 4.69) is 10.6 Å². The first-order valence-electron chi connectivity index (χ1n) is 8.63. The zero-order valence-corrected chi connectivity index (χ0v) is 14.1. The van der Waals surface area contributed by atoms with E-state index in [0.29, 0.717) is 0 Å². The molecule has 0 aromatic heterocycles. The van der Waals surface area contributed by atoms with Crippen molar-refractivity contribution in [2.24, 2.45) is 0 Å². The molecule has 3 rings (SSSR count). The summed E-state index contributed by atoms with van der Waals surface area (Å²) in [4.78, 5) is 11.8. The van der Waals surface area contributed by atoms with Crippen LogP contribution in [0.1, 0.15) is 30.0 Å². The maximum Gasteiger partial charge on any atom is 0.407 e. The summed E-state index contributed by atoms with van der Waals surface area (Å²) in [6.07, 6.45) is 1.29. The predicted octanol–water partition coefficient (Wildman–Crippen LogP) is 2.77. The number of hydrogen-bond acceptors (Lipinski definition) is 4. The van der Waals surface area contributed by atoms with Gasteiger partial charge >= 0.3 is 6.09 Å². The summed E-state index contributed by atoms with van der Waals surface area (Å²) in [7, 11) is 0. The smallest absolute Gasteiger partial charge is 0.407 e. The van der Waals surface area contributed by atoms with Crippen molar-refractivity contribution in [1.29, 1.82) is 0 Å². The molecule has 5 heteroatoms. The summed E-state index contributed by atoms with van der Waals surface area (Å²) in [6, 6.07) is 19.9. The number of carbonyl (C=O) groups excluding carboxylic acids is 1. The van der Waals surface area contributed by atoms with Gasteiger partial charge in [0.1, 0.15) is 6.61 Å². The number of nitrogens with one attached hydrogen (secondary N) is 2. The zero-order chi connectivity index (χ0) is 17.5. The minimum atomic E-state index is -0.380. The molecule has 1 fully saturated rings. The minimum Gasteiger partial charge on any atom is -0.445 e. The van der Waals surface area contributed by atoms with Gasteiger partial charge in [-0.2, -0.15) is 0 Å². The van der Waals surface area contributed by atoms with E-state index in [0.717, 1.165) is 24.0 Å². The van der Waals surface area contributed by atoms with Crippen LogP contribution in [0.3, 0.4) is 0 Å². The van der Waals surface area contributed by atoms with Crippen LogP contribution in [-0.2, 0) is 11.3 Å². The Morgan fingerprint density at radius 1 is 1.04 bits per heavy atom. The molecule has 3 N–H and O–H groups in total. The number of amides is 1. The van der Waals surface area contributed by atoms with E-state index in [1.54, 1.807) is 0 Å². The molecule has 1 aliphatic rings. The molecule has 1 amide bonds. The molecular weight excluding hydrogens is 316 g/mol. The molecular formula is C20H24N2O3. The van der Waals surface area contributed by atoms with Crippen LogP contribution < -0.4 is 10.6 Å². The van der Waals surface area contributed by atoms with Crippen LogP contribution in [0.4, 0.5) is 4.79 Å². The van der Waals surface area contributed by atoms with Crippen molar-refractivity contribution in [2.75, 3.05) is 6.61 Å². The van der Waals surface area contributed by atoms with Gasteiger partial charge in [-0.05, 0) is 24.0 Å². The molecule has 0 bridgehead atoms. The molecule has 0 spiro atoms. The number of alkyl carbamates (subject to hydrolysis) is 1. The predicted molar refractivity (Wildman–Crippen MR) is 96.0 cm³/mol. The topological polar surface area (TPSA) is 70.6 Å². The van der Waals surface area contributed by atoms with Gasteiger partial charge in [-0.3, -0.25) is 0 Å². The van der Waals surface area contributed by atoms with Crippen molar-refractivity contribution in [3.8, 4) is 0 Å². The third-order valence-electron chi connectivity index (χ3n) is 4.49. The SMILES string of the molecule is O=C(NC1CC(N[C@@H](CO)c2ccccc2)C1)OCc1ccccc1. The normalized spacial score (nSPS) is 20.4. The summed E-state index contributed by atoms with van der Waals surface area (Å²) in [5.41, 5.74) is 2.04. The number of hydrogen-bond donors (Lipinski definition) is 3. The fourth-order valence-corrected chi connectivity index (χ4v) is 3.03. The Kier molecular flexibility index (Phi) is 6.04. The van der Waals surface area contributed by atoms with Crippen LogP contribution in [0.5, 0.6) is 0 Å². The maximum atomic E-state index is 11.8. The minimum absolute atomic E-state index is 0.0533. The average Bonchev–Trinajstić information content (AvgIpc) is 2.63. The molecule has 2 aromatic carbocycles. The van der Waals surface area contributed by atoms with Crippen LogP contribution >= 0.6 is 0 Å². The molecule has 0 aliphatic heterocycles. The number of rotatable bonds is 7. The van der Waals surface area contributed by atoms with Crippen molar-refractivity contribution in [3.63, 3.8) is 0 Å². The van der Waals surface area contributed by atoms with Gasteiger partial charge in [-0.25, -0.2) is 4.79 Å². The standard InChI is InChI=1S/C20H24N2O3/c23-13-19(16-9-5-2-6-10-16)21-17-11-18(12-17)22-20(24)25-14-15-7-3-1-4-8-15/h1-10,17-19,21,23H,11-14H2,(H,22,24)/t17?,18?,19-/m0/s1. The highest BCUT2D eigenvalue weighted by atomic mass is 16.5. The van der Waals surface area contributed by atoms with Crippen LogP contribution in [0, 0.1) is 0 Å². The van der Waals surface area contributed by atoms with E-state index in [4.69, 9.17) is 4.74 Å². The molecule has 0 heterocycles. The van der Waals surface area contributed by atoms with Gasteiger partial charge in [0.15, 0.2) is 0 Å². The summed E-state index contributed by atoms with van der Waals surface area (Å²) in [6.45, 7) is 0.333. The van der Waals surface area contributed by atoms with E-state index in [-0.39, 0.29) is 37.4 Å².